The average molecular weight is 396 g/mol. The molecule has 0 N–H and O–H groups in total. The molecule has 21 heavy (non-hydrogen) atoms. The summed E-state index contributed by atoms with van der Waals surface area (Å²) >= 11 is 2.16. The third kappa shape index (κ3) is 3.20. The second-order valence-electron chi connectivity index (χ2n) is 4.80. The lowest BCUT2D eigenvalue weighted by Crippen LogP contribution is -2.04. The molecule has 4 heteroatoms. The Morgan fingerprint density at radius 1 is 0.952 bits per heavy atom. The predicted octanol–water partition coefficient (Wildman–Crippen LogP) is 4.16. The van der Waals surface area contributed by atoms with Crippen molar-refractivity contribution in [3.63, 3.8) is 0 Å². The Balaban J connectivity index is 2.45. The van der Waals surface area contributed by atoms with E-state index in [1.54, 1.807) is 26.4 Å². The summed E-state index contributed by atoms with van der Waals surface area (Å²) in [5, 5.41) is 0. The van der Waals surface area contributed by atoms with Gasteiger partial charge in [0.15, 0.2) is 5.78 Å². The van der Waals surface area contributed by atoms with Gasteiger partial charge in [0.1, 0.15) is 11.5 Å². The van der Waals surface area contributed by atoms with Crippen LogP contribution in [0.3, 0.4) is 0 Å². The number of methoxy groups -OCH3 is 2. The third-order valence-corrected chi connectivity index (χ3v) is 4.36. The zero-order valence-corrected chi connectivity index (χ0v) is 14.6. The zero-order chi connectivity index (χ0) is 15.6. The lowest BCUT2D eigenvalue weighted by molar-refractivity contribution is 0.103. The molecule has 0 unspecified atom stereocenters. The van der Waals surface area contributed by atoms with Crippen molar-refractivity contribution in [2.45, 2.75) is 13.8 Å². The first-order valence-corrected chi connectivity index (χ1v) is 7.59. The van der Waals surface area contributed by atoms with Crippen LogP contribution in [-0.2, 0) is 0 Å². The normalized spacial score (nSPS) is 10.3. The summed E-state index contributed by atoms with van der Waals surface area (Å²) in [6.45, 7) is 3.96. The van der Waals surface area contributed by atoms with Crippen LogP contribution in [0.4, 0.5) is 0 Å². The first-order chi connectivity index (χ1) is 9.97. The standard InChI is InChI=1S/C17H17IO3/c1-10-7-13(9-16(21-4)11(10)2)17(19)12-5-6-15(20-3)14(18)8-12/h5-9H,1-4H3. The Morgan fingerprint density at radius 2 is 1.62 bits per heavy atom. The van der Waals surface area contributed by atoms with Gasteiger partial charge in [-0.05, 0) is 77.9 Å². The van der Waals surface area contributed by atoms with Gasteiger partial charge in [-0.2, -0.15) is 0 Å². The molecule has 3 nitrogen and oxygen atoms in total. The smallest absolute Gasteiger partial charge is 0.193 e. The van der Waals surface area contributed by atoms with E-state index in [1.165, 1.54) is 0 Å². The Morgan fingerprint density at radius 3 is 2.19 bits per heavy atom. The van der Waals surface area contributed by atoms with Crippen LogP contribution in [0.2, 0.25) is 0 Å². The van der Waals surface area contributed by atoms with Crippen molar-refractivity contribution in [2.75, 3.05) is 14.2 Å². The van der Waals surface area contributed by atoms with Gasteiger partial charge < -0.3 is 9.47 Å². The molecule has 0 bridgehead atoms. The van der Waals surface area contributed by atoms with Crippen LogP contribution in [0.5, 0.6) is 11.5 Å². The fourth-order valence-electron chi connectivity index (χ4n) is 2.14. The van der Waals surface area contributed by atoms with Crippen molar-refractivity contribution in [2.24, 2.45) is 0 Å². The second-order valence-corrected chi connectivity index (χ2v) is 5.96. The fourth-order valence-corrected chi connectivity index (χ4v) is 2.88. The molecule has 0 saturated carbocycles. The van der Waals surface area contributed by atoms with Gasteiger partial charge in [-0.15, -0.1) is 0 Å². The molecule has 0 spiro atoms. The van der Waals surface area contributed by atoms with E-state index < -0.39 is 0 Å². The van der Waals surface area contributed by atoms with Crippen molar-refractivity contribution in [3.05, 3.63) is 56.2 Å². The van der Waals surface area contributed by atoms with Crippen LogP contribution >= 0.6 is 22.6 Å². The number of rotatable bonds is 4. The molecule has 0 aliphatic rings. The van der Waals surface area contributed by atoms with Crippen molar-refractivity contribution in [1.82, 2.24) is 0 Å². The van der Waals surface area contributed by atoms with Crippen LogP contribution in [-0.4, -0.2) is 20.0 Å². The third-order valence-electron chi connectivity index (χ3n) is 3.52. The van der Waals surface area contributed by atoms with Gasteiger partial charge in [-0.3, -0.25) is 4.79 Å². The van der Waals surface area contributed by atoms with E-state index in [0.717, 1.165) is 26.2 Å². The monoisotopic (exact) mass is 396 g/mol. The number of carbonyl (C=O) groups is 1. The quantitative estimate of drug-likeness (QED) is 0.575. The summed E-state index contributed by atoms with van der Waals surface area (Å²) in [5.41, 5.74) is 3.38. The Labute approximate surface area is 138 Å². The lowest BCUT2D eigenvalue weighted by Gasteiger charge is -2.11. The number of hydrogen-bond acceptors (Lipinski definition) is 3. The molecule has 110 valence electrons. The van der Waals surface area contributed by atoms with Crippen LogP contribution < -0.4 is 9.47 Å². The minimum absolute atomic E-state index is 0.0167. The molecule has 2 aromatic rings. The van der Waals surface area contributed by atoms with Crippen LogP contribution in [0.25, 0.3) is 0 Å². The summed E-state index contributed by atoms with van der Waals surface area (Å²) in [6, 6.07) is 9.13. The number of carbonyl (C=O) groups excluding carboxylic acids is 1. The number of ketones is 1. The molecule has 0 saturated heterocycles. The van der Waals surface area contributed by atoms with Gasteiger partial charge in [-0.25, -0.2) is 0 Å². The minimum atomic E-state index is -0.0167. The summed E-state index contributed by atoms with van der Waals surface area (Å²) < 4.78 is 11.5. The molecule has 0 amide bonds. The molecule has 0 radical (unpaired) electrons. The molecule has 0 aromatic heterocycles. The number of aryl methyl sites for hydroxylation is 1. The van der Waals surface area contributed by atoms with E-state index in [4.69, 9.17) is 9.47 Å². The zero-order valence-electron chi connectivity index (χ0n) is 12.5. The highest BCUT2D eigenvalue weighted by Gasteiger charge is 2.14. The van der Waals surface area contributed by atoms with Crippen molar-refractivity contribution in [1.29, 1.82) is 0 Å². The first-order valence-electron chi connectivity index (χ1n) is 6.51. The second kappa shape index (κ2) is 6.47. The van der Waals surface area contributed by atoms with Gasteiger partial charge in [0, 0.05) is 11.1 Å². The molecule has 2 rings (SSSR count). The Bertz CT molecular complexity index is 693. The van der Waals surface area contributed by atoms with Gasteiger partial charge >= 0.3 is 0 Å². The maximum atomic E-state index is 12.6. The molecule has 0 aliphatic heterocycles. The minimum Gasteiger partial charge on any atom is -0.496 e. The van der Waals surface area contributed by atoms with Gasteiger partial charge in [0.05, 0.1) is 17.8 Å². The predicted molar refractivity (Wildman–Crippen MR) is 91.6 cm³/mol. The Kier molecular flexibility index (Phi) is 4.88. The van der Waals surface area contributed by atoms with E-state index in [0.29, 0.717) is 11.1 Å². The topological polar surface area (TPSA) is 35.5 Å². The number of hydrogen-bond donors (Lipinski definition) is 0. The number of halogens is 1. The molecule has 0 aliphatic carbocycles. The molecule has 0 heterocycles. The summed E-state index contributed by atoms with van der Waals surface area (Å²) in [4.78, 5) is 12.6. The van der Waals surface area contributed by atoms with Gasteiger partial charge in [0.2, 0.25) is 0 Å². The maximum absolute atomic E-state index is 12.6. The summed E-state index contributed by atoms with van der Waals surface area (Å²) in [5.74, 6) is 1.49. The van der Waals surface area contributed by atoms with E-state index in [-0.39, 0.29) is 5.78 Å². The highest BCUT2D eigenvalue weighted by molar-refractivity contribution is 14.1. The van der Waals surface area contributed by atoms with Gasteiger partial charge in [0.25, 0.3) is 0 Å². The molecule has 0 atom stereocenters. The lowest BCUT2D eigenvalue weighted by atomic mass is 9.98. The van der Waals surface area contributed by atoms with E-state index in [1.807, 2.05) is 32.0 Å². The van der Waals surface area contributed by atoms with Crippen LogP contribution in [0, 0.1) is 17.4 Å². The van der Waals surface area contributed by atoms with Crippen LogP contribution in [0.1, 0.15) is 27.0 Å². The van der Waals surface area contributed by atoms with Crippen molar-refractivity contribution >= 4 is 28.4 Å². The largest absolute Gasteiger partial charge is 0.496 e. The highest BCUT2D eigenvalue weighted by Crippen LogP contribution is 2.27. The van der Waals surface area contributed by atoms with E-state index in [9.17, 15) is 4.79 Å². The van der Waals surface area contributed by atoms with Crippen molar-refractivity contribution in [3.8, 4) is 11.5 Å². The van der Waals surface area contributed by atoms with Gasteiger partial charge in [-0.1, -0.05) is 0 Å². The van der Waals surface area contributed by atoms with E-state index >= 15 is 0 Å². The summed E-state index contributed by atoms with van der Waals surface area (Å²) in [6.07, 6.45) is 0. The number of benzene rings is 2. The molecule has 0 fully saturated rings. The van der Waals surface area contributed by atoms with E-state index in [2.05, 4.69) is 22.6 Å². The molecular formula is C17H17IO3. The molecule has 2 aromatic carbocycles. The summed E-state index contributed by atoms with van der Waals surface area (Å²) in [7, 11) is 3.24. The number of ether oxygens (including phenoxy) is 2. The SMILES string of the molecule is COc1ccc(C(=O)c2cc(C)c(C)c(OC)c2)cc1I. The maximum Gasteiger partial charge on any atom is 0.193 e. The highest BCUT2D eigenvalue weighted by atomic mass is 127. The first kappa shape index (κ1) is 15.8. The fraction of sp³-hybridized carbons (Fsp3) is 0.235. The molecular weight excluding hydrogens is 379 g/mol. The Hall–Kier alpha value is -1.56. The van der Waals surface area contributed by atoms with Crippen molar-refractivity contribution < 1.29 is 14.3 Å². The average Bonchev–Trinajstić information content (AvgIpc) is 2.49. The van der Waals surface area contributed by atoms with Crippen LogP contribution in [0.15, 0.2) is 30.3 Å².